The summed E-state index contributed by atoms with van der Waals surface area (Å²) in [5.74, 6) is 0.121. The molecule has 7 heteroatoms. The van der Waals surface area contributed by atoms with Crippen LogP contribution >= 0.6 is 0 Å². The molecule has 6 nitrogen and oxygen atoms in total. The first-order valence-corrected chi connectivity index (χ1v) is 7.01. The lowest BCUT2D eigenvalue weighted by Gasteiger charge is -2.24. The Morgan fingerprint density at radius 3 is 2.53 bits per heavy atom. The maximum Gasteiger partial charge on any atom is 0.262 e. The van der Waals surface area contributed by atoms with Crippen LogP contribution in [-0.4, -0.2) is 41.1 Å². The van der Waals surface area contributed by atoms with Crippen molar-refractivity contribution in [2.75, 3.05) is 13.1 Å². The van der Waals surface area contributed by atoms with Gasteiger partial charge >= 0.3 is 0 Å². The fourth-order valence-corrected chi connectivity index (χ4v) is 3.13. The van der Waals surface area contributed by atoms with Crippen LogP contribution in [0.4, 0.5) is 0 Å². The zero-order valence-corrected chi connectivity index (χ0v) is 10.5. The van der Waals surface area contributed by atoms with Crippen molar-refractivity contribution in [2.24, 2.45) is 0 Å². The minimum absolute atomic E-state index is 0.0636. The molecule has 0 atom stereocenters. The molecule has 0 bridgehead atoms. The molecule has 0 aromatic carbocycles. The molecule has 2 heterocycles. The first-order valence-electron chi connectivity index (χ1n) is 5.57. The molecule has 1 fully saturated rings. The zero-order chi connectivity index (χ0) is 12.5. The molecule has 0 saturated carbocycles. The van der Waals surface area contributed by atoms with Gasteiger partial charge in [-0.25, -0.2) is 13.4 Å². The number of Topliss-reactive ketones (excluding diaryl/α,β-unsaturated/α-hetero) is 1. The molecule has 0 N–H and O–H groups in total. The van der Waals surface area contributed by atoms with E-state index in [2.05, 4.69) is 4.98 Å². The quantitative estimate of drug-likeness (QED) is 0.778. The van der Waals surface area contributed by atoms with Gasteiger partial charge < -0.3 is 4.57 Å². The van der Waals surface area contributed by atoms with Crippen LogP contribution < -0.4 is 0 Å². The number of imidazole rings is 1. The van der Waals surface area contributed by atoms with E-state index in [0.717, 1.165) is 0 Å². The number of nitrogens with zero attached hydrogens (tertiary/aromatic N) is 3. The van der Waals surface area contributed by atoms with Crippen LogP contribution in [0.3, 0.4) is 0 Å². The number of aryl methyl sites for hydroxylation is 1. The van der Waals surface area contributed by atoms with Crippen molar-refractivity contribution < 1.29 is 13.2 Å². The molecule has 0 radical (unpaired) electrons. The number of piperidine rings is 1. The van der Waals surface area contributed by atoms with Gasteiger partial charge in [-0.2, -0.15) is 4.31 Å². The van der Waals surface area contributed by atoms with Crippen LogP contribution in [0.1, 0.15) is 19.8 Å². The van der Waals surface area contributed by atoms with Crippen molar-refractivity contribution in [1.82, 2.24) is 13.9 Å². The van der Waals surface area contributed by atoms with Crippen molar-refractivity contribution in [1.29, 1.82) is 0 Å². The second kappa shape index (κ2) is 4.58. The van der Waals surface area contributed by atoms with Crippen LogP contribution in [-0.2, 0) is 21.4 Å². The number of aromatic nitrogens is 2. The second-order valence-corrected chi connectivity index (χ2v) is 5.87. The number of rotatable bonds is 3. The summed E-state index contributed by atoms with van der Waals surface area (Å²) >= 11 is 0. The third-order valence-electron chi connectivity index (χ3n) is 2.86. The number of carbonyl (C=O) groups excluding carboxylic acids is 1. The van der Waals surface area contributed by atoms with Gasteiger partial charge in [0.25, 0.3) is 10.0 Å². The average molecular weight is 257 g/mol. The zero-order valence-electron chi connectivity index (χ0n) is 9.66. The molecule has 2 rings (SSSR count). The van der Waals surface area contributed by atoms with Gasteiger partial charge in [0.2, 0.25) is 0 Å². The van der Waals surface area contributed by atoms with E-state index < -0.39 is 10.0 Å². The van der Waals surface area contributed by atoms with E-state index >= 15 is 0 Å². The van der Waals surface area contributed by atoms with Crippen LogP contribution in [0, 0.1) is 0 Å². The Morgan fingerprint density at radius 1 is 1.35 bits per heavy atom. The molecule has 1 aromatic heterocycles. The maximum atomic E-state index is 12.2. The summed E-state index contributed by atoms with van der Waals surface area (Å²) in [5.41, 5.74) is 0. The highest BCUT2D eigenvalue weighted by atomic mass is 32.2. The second-order valence-electron chi connectivity index (χ2n) is 3.99. The molecule has 17 heavy (non-hydrogen) atoms. The van der Waals surface area contributed by atoms with E-state index in [1.165, 1.54) is 16.8 Å². The Morgan fingerprint density at radius 2 is 2.00 bits per heavy atom. The van der Waals surface area contributed by atoms with Crippen molar-refractivity contribution in [3.8, 4) is 0 Å². The summed E-state index contributed by atoms with van der Waals surface area (Å²) in [4.78, 5) is 15.0. The minimum atomic E-state index is -3.53. The Hall–Kier alpha value is -1.21. The monoisotopic (exact) mass is 257 g/mol. The standard InChI is InChI=1S/C10H15N3O3S/c1-2-12-7-10(11-8-12)17(15,16)13-5-3-9(14)4-6-13/h7-8H,2-6H2,1H3. The van der Waals surface area contributed by atoms with Crippen LogP contribution in [0.5, 0.6) is 0 Å². The number of hydrogen-bond acceptors (Lipinski definition) is 4. The van der Waals surface area contributed by atoms with Crippen LogP contribution in [0.2, 0.25) is 0 Å². The Balaban J connectivity index is 2.21. The lowest BCUT2D eigenvalue weighted by molar-refractivity contribution is -0.120. The number of ketones is 1. The summed E-state index contributed by atoms with van der Waals surface area (Å²) in [6.07, 6.45) is 3.62. The fraction of sp³-hybridized carbons (Fsp3) is 0.600. The molecule has 94 valence electrons. The van der Waals surface area contributed by atoms with Crippen LogP contribution in [0.25, 0.3) is 0 Å². The Bertz CT molecular complexity index is 511. The first kappa shape index (κ1) is 12.3. The summed E-state index contributed by atoms with van der Waals surface area (Å²) in [6, 6.07) is 0. The molecule has 0 spiro atoms. The Kier molecular flexibility index (Phi) is 3.30. The molecule has 1 aliphatic rings. The topological polar surface area (TPSA) is 72.3 Å². The smallest absolute Gasteiger partial charge is 0.262 e. The van der Waals surface area contributed by atoms with Gasteiger partial charge in [-0.15, -0.1) is 0 Å². The third kappa shape index (κ3) is 2.39. The van der Waals surface area contributed by atoms with E-state index in [0.29, 0.717) is 19.4 Å². The normalized spacial score (nSPS) is 18.5. The predicted molar refractivity (Wildman–Crippen MR) is 60.9 cm³/mol. The predicted octanol–water partition coefficient (Wildman–Crippen LogP) is 0.257. The van der Waals surface area contributed by atoms with Gasteiger partial charge in [-0.3, -0.25) is 4.79 Å². The van der Waals surface area contributed by atoms with Gasteiger partial charge in [0, 0.05) is 38.7 Å². The third-order valence-corrected chi connectivity index (χ3v) is 4.64. The van der Waals surface area contributed by atoms with E-state index in [4.69, 9.17) is 0 Å². The highest BCUT2D eigenvalue weighted by Gasteiger charge is 2.29. The van der Waals surface area contributed by atoms with Crippen LogP contribution in [0.15, 0.2) is 17.6 Å². The molecular formula is C10H15N3O3S. The fourth-order valence-electron chi connectivity index (χ4n) is 1.75. The van der Waals surface area contributed by atoms with Crippen molar-refractivity contribution in [3.63, 3.8) is 0 Å². The minimum Gasteiger partial charge on any atom is -0.336 e. The molecule has 0 aliphatic carbocycles. The number of carbonyl (C=O) groups is 1. The average Bonchev–Trinajstić information content (AvgIpc) is 2.78. The van der Waals surface area contributed by atoms with Crippen molar-refractivity contribution in [2.45, 2.75) is 31.3 Å². The molecule has 1 aromatic rings. The van der Waals surface area contributed by atoms with Gasteiger partial charge in [-0.05, 0) is 6.92 Å². The molecular weight excluding hydrogens is 242 g/mol. The molecule has 1 saturated heterocycles. The van der Waals surface area contributed by atoms with E-state index in [1.807, 2.05) is 6.92 Å². The van der Waals surface area contributed by atoms with Gasteiger partial charge in [-0.1, -0.05) is 0 Å². The summed E-state index contributed by atoms with van der Waals surface area (Å²) < 4.78 is 27.4. The summed E-state index contributed by atoms with van der Waals surface area (Å²) in [6.45, 7) is 3.12. The lowest BCUT2D eigenvalue weighted by Crippen LogP contribution is -2.38. The number of hydrogen-bond donors (Lipinski definition) is 0. The Labute approximate surface area is 100 Å². The lowest BCUT2D eigenvalue weighted by atomic mass is 10.1. The largest absolute Gasteiger partial charge is 0.336 e. The van der Waals surface area contributed by atoms with Gasteiger partial charge in [0.05, 0.1) is 6.33 Å². The highest BCUT2D eigenvalue weighted by Crippen LogP contribution is 2.17. The summed E-state index contributed by atoms with van der Waals surface area (Å²) in [7, 11) is -3.53. The SMILES string of the molecule is CCn1cnc(S(=O)(=O)N2CCC(=O)CC2)c1. The molecule has 0 amide bonds. The maximum absolute atomic E-state index is 12.2. The van der Waals surface area contributed by atoms with E-state index in [9.17, 15) is 13.2 Å². The molecule has 0 unspecified atom stereocenters. The van der Waals surface area contributed by atoms with E-state index in [-0.39, 0.29) is 23.9 Å². The molecule has 1 aliphatic heterocycles. The summed E-state index contributed by atoms with van der Waals surface area (Å²) in [5, 5.41) is 0.0636. The highest BCUT2D eigenvalue weighted by molar-refractivity contribution is 7.89. The van der Waals surface area contributed by atoms with Gasteiger partial charge in [0.15, 0.2) is 5.03 Å². The van der Waals surface area contributed by atoms with Gasteiger partial charge in [0.1, 0.15) is 5.78 Å². The van der Waals surface area contributed by atoms with Crippen molar-refractivity contribution >= 4 is 15.8 Å². The van der Waals surface area contributed by atoms with Crippen molar-refractivity contribution in [3.05, 3.63) is 12.5 Å². The van der Waals surface area contributed by atoms with E-state index in [1.54, 1.807) is 4.57 Å². The first-order chi connectivity index (χ1) is 8.04. The number of sulfonamides is 1.